The number of aromatic nitrogens is 1. The number of rotatable bonds is 2. The van der Waals surface area contributed by atoms with Gasteiger partial charge in [-0.25, -0.2) is 0 Å². The van der Waals surface area contributed by atoms with Crippen molar-refractivity contribution in [1.29, 1.82) is 0 Å². The Hall–Kier alpha value is -1.77. The summed E-state index contributed by atoms with van der Waals surface area (Å²) in [6.07, 6.45) is 3.23. The predicted octanol–water partition coefficient (Wildman–Crippen LogP) is 4.61. The largest absolute Gasteiger partial charge is 0.371 e. The van der Waals surface area contributed by atoms with E-state index in [1.807, 2.05) is 12.1 Å². The van der Waals surface area contributed by atoms with Crippen molar-refractivity contribution in [1.82, 2.24) is 4.57 Å². The number of halogens is 1. The highest BCUT2D eigenvalue weighted by atomic mass is 35.5. The first-order chi connectivity index (χ1) is 10.3. The normalized spacial score (nSPS) is 17.9. The van der Waals surface area contributed by atoms with Gasteiger partial charge in [0.25, 0.3) is 0 Å². The van der Waals surface area contributed by atoms with E-state index in [9.17, 15) is 0 Å². The van der Waals surface area contributed by atoms with E-state index in [0.717, 1.165) is 30.1 Å². The summed E-state index contributed by atoms with van der Waals surface area (Å²) < 4.78 is 8.23. The molecule has 0 amide bonds. The molecule has 3 aromatic rings. The second-order valence-electron chi connectivity index (χ2n) is 5.48. The Morgan fingerprint density at radius 3 is 3.00 bits per heavy atom. The summed E-state index contributed by atoms with van der Waals surface area (Å²) in [6.45, 7) is 1.61. The maximum Gasteiger partial charge on any atom is 0.101 e. The van der Waals surface area contributed by atoms with Crippen LogP contribution in [0.1, 0.15) is 17.2 Å². The van der Waals surface area contributed by atoms with Crippen molar-refractivity contribution in [2.75, 3.05) is 6.61 Å². The van der Waals surface area contributed by atoms with Crippen LogP contribution in [0.2, 0.25) is 5.02 Å². The molecule has 0 fully saturated rings. The van der Waals surface area contributed by atoms with E-state index in [2.05, 4.69) is 47.2 Å². The van der Waals surface area contributed by atoms with E-state index >= 15 is 0 Å². The molecule has 3 heteroatoms. The van der Waals surface area contributed by atoms with Crippen molar-refractivity contribution in [3.05, 3.63) is 70.9 Å². The molecule has 1 aromatic heterocycles. The molecule has 1 atom stereocenters. The Kier molecular flexibility index (Phi) is 3.21. The fourth-order valence-corrected chi connectivity index (χ4v) is 3.29. The molecule has 106 valence electrons. The number of hydrogen-bond acceptors (Lipinski definition) is 1. The molecule has 1 aliphatic heterocycles. The van der Waals surface area contributed by atoms with E-state index in [-0.39, 0.29) is 6.10 Å². The van der Waals surface area contributed by atoms with Gasteiger partial charge >= 0.3 is 0 Å². The highest BCUT2D eigenvalue weighted by Crippen LogP contribution is 2.30. The van der Waals surface area contributed by atoms with Crippen LogP contribution in [-0.2, 0) is 17.7 Å². The molecule has 21 heavy (non-hydrogen) atoms. The van der Waals surface area contributed by atoms with E-state index in [1.54, 1.807) is 0 Å². The Bertz CT molecular complexity index is 793. The first kappa shape index (κ1) is 12.9. The van der Waals surface area contributed by atoms with Crippen LogP contribution in [-0.4, -0.2) is 11.2 Å². The van der Waals surface area contributed by atoms with Gasteiger partial charge < -0.3 is 9.30 Å². The third-order valence-corrected chi connectivity index (χ3v) is 4.43. The van der Waals surface area contributed by atoms with Crippen LogP contribution in [0.5, 0.6) is 0 Å². The lowest BCUT2D eigenvalue weighted by atomic mass is 9.97. The summed E-state index contributed by atoms with van der Waals surface area (Å²) in [5.41, 5.74) is 3.88. The van der Waals surface area contributed by atoms with Crippen molar-refractivity contribution in [2.24, 2.45) is 0 Å². The smallest absolute Gasteiger partial charge is 0.101 e. The lowest BCUT2D eigenvalue weighted by Crippen LogP contribution is -2.20. The van der Waals surface area contributed by atoms with Crippen LogP contribution in [0, 0.1) is 0 Å². The zero-order valence-corrected chi connectivity index (χ0v) is 12.4. The maximum absolute atomic E-state index is 6.13. The van der Waals surface area contributed by atoms with Gasteiger partial charge in [-0.05, 0) is 41.1 Å². The molecule has 2 aromatic carbocycles. The Labute approximate surface area is 128 Å². The summed E-state index contributed by atoms with van der Waals surface area (Å²) in [4.78, 5) is 0. The summed E-state index contributed by atoms with van der Waals surface area (Å²) in [6, 6.07) is 16.7. The third-order valence-electron chi connectivity index (χ3n) is 4.19. The molecule has 2 heterocycles. The van der Waals surface area contributed by atoms with Gasteiger partial charge in [0.2, 0.25) is 0 Å². The molecule has 0 radical (unpaired) electrons. The molecule has 0 aliphatic carbocycles. The topological polar surface area (TPSA) is 14.2 Å². The van der Waals surface area contributed by atoms with Crippen LogP contribution in [0.25, 0.3) is 10.9 Å². The van der Waals surface area contributed by atoms with Gasteiger partial charge in [-0.3, -0.25) is 0 Å². The second kappa shape index (κ2) is 5.21. The highest BCUT2D eigenvalue weighted by molar-refractivity contribution is 6.31. The van der Waals surface area contributed by atoms with Gasteiger partial charge in [0.15, 0.2) is 0 Å². The minimum Gasteiger partial charge on any atom is -0.371 e. The van der Waals surface area contributed by atoms with Crippen LogP contribution in [0.3, 0.4) is 0 Å². The van der Waals surface area contributed by atoms with Crippen LogP contribution in [0.15, 0.2) is 54.7 Å². The highest BCUT2D eigenvalue weighted by Gasteiger charge is 2.21. The van der Waals surface area contributed by atoms with E-state index < -0.39 is 0 Å². The standard InChI is InChI=1S/C18H16ClNO/c19-15-6-5-14-7-9-20(17(14)11-15)12-18-16-4-2-1-3-13(16)8-10-21-18/h1-7,9,11,18H,8,10,12H2. The van der Waals surface area contributed by atoms with Gasteiger partial charge in [0, 0.05) is 16.7 Å². The molecule has 1 aliphatic rings. The fourth-order valence-electron chi connectivity index (χ4n) is 3.12. The van der Waals surface area contributed by atoms with Crippen LogP contribution in [0.4, 0.5) is 0 Å². The zero-order chi connectivity index (χ0) is 14.2. The van der Waals surface area contributed by atoms with E-state index in [0.29, 0.717) is 0 Å². The number of nitrogens with zero attached hydrogens (tertiary/aromatic N) is 1. The first-order valence-electron chi connectivity index (χ1n) is 7.25. The minimum atomic E-state index is 0.115. The van der Waals surface area contributed by atoms with Gasteiger partial charge in [0.1, 0.15) is 6.10 Å². The van der Waals surface area contributed by atoms with Gasteiger partial charge in [0.05, 0.1) is 13.2 Å². The molecule has 0 saturated carbocycles. The third kappa shape index (κ3) is 2.35. The van der Waals surface area contributed by atoms with E-state index in [4.69, 9.17) is 16.3 Å². The van der Waals surface area contributed by atoms with Crippen molar-refractivity contribution in [2.45, 2.75) is 19.1 Å². The molecule has 0 spiro atoms. The Morgan fingerprint density at radius 1 is 1.14 bits per heavy atom. The average Bonchev–Trinajstić information content (AvgIpc) is 2.90. The maximum atomic E-state index is 6.13. The molecule has 0 saturated heterocycles. The summed E-state index contributed by atoms with van der Waals surface area (Å²) in [7, 11) is 0. The van der Waals surface area contributed by atoms with Crippen LogP contribution < -0.4 is 0 Å². The monoisotopic (exact) mass is 297 g/mol. The molecular formula is C18H16ClNO. The second-order valence-corrected chi connectivity index (χ2v) is 5.92. The van der Waals surface area contributed by atoms with Gasteiger partial charge in [-0.15, -0.1) is 0 Å². The lowest BCUT2D eigenvalue weighted by Gasteiger charge is -2.26. The molecule has 0 bridgehead atoms. The Morgan fingerprint density at radius 2 is 2.05 bits per heavy atom. The number of ether oxygens (including phenoxy) is 1. The molecule has 2 nitrogen and oxygen atoms in total. The zero-order valence-electron chi connectivity index (χ0n) is 11.6. The summed E-state index contributed by atoms with van der Waals surface area (Å²) in [5.74, 6) is 0. The average molecular weight is 298 g/mol. The summed E-state index contributed by atoms with van der Waals surface area (Å²) in [5, 5.41) is 1.98. The minimum absolute atomic E-state index is 0.115. The molecule has 0 N–H and O–H groups in total. The van der Waals surface area contributed by atoms with Gasteiger partial charge in [-0.1, -0.05) is 41.9 Å². The SMILES string of the molecule is Clc1ccc2ccn(CC3OCCc4ccccc43)c2c1. The quantitative estimate of drug-likeness (QED) is 0.674. The molecular weight excluding hydrogens is 282 g/mol. The Balaban J connectivity index is 1.71. The predicted molar refractivity (Wildman–Crippen MR) is 85.8 cm³/mol. The summed E-state index contributed by atoms with van der Waals surface area (Å²) >= 11 is 6.13. The molecule has 4 rings (SSSR count). The fraction of sp³-hybridized carbons (Fsp3) is 0.222. The van der Waals surface area contributed by atoms with Crippen molar-refractivity contribution < 1.29 is 4.74 Å². The number of fused-ring (bicyclic) bond motifs is 2. The van der Waals surface area contributed by atoms with Gasteiger partial charge in [-0.2, -0.15) is 0 Å². The lowest BCUT2D eigenvalue weighted by molar-refractivity contribution is 0.0314. The number of benzene rings is 2. The number of hydrogen-bond donors (Lipinski definition) is 0. The van der Waals surface area contributed by atoms with Crippen molar-refractivity contribution >= 4 is 22.5 Å². The van der Waals surface area contributed by atoms with Crippen LogP contribution >= 0.6 is 11.6 Å². The first-order valence-corrected chi connectivity index (χ1v) is 7.63. The van der Waals surface area contributed by atoms with Crippen molar-refractivity contribution in [3.63, 3.8) is 0 Å². The van der Waals surface area contributed by atoms with E-state index in [1.165, 1.54) is 16.5 Å². The van der Waals surface area contributed by atoms with Crippen molar-refractivity contribution in [3.8, 4) is 0 Å². The molecule has 1 unspecified atom stereocenters.